The molecular weight excluding hydrogens is 369 g/mol. The summed E-state index contributed by atoms with van der Waals surface area (Å²) in [7, 11) is 4.98. The van der Waals surface area contributed by atoms with Crippen LogP contribution in [-0.4, -0.2) is 82.8 Å². The SMILES string of the molecule is CCC(CO)OC(CO[C-]=O)OC.CNCCN(C)[C-]=O.[Y]. The molecule has 2 atom stereocenters. The largest absolute Gasteiger partial charge is 0.649 e. The topological polar surface area (TPSA) is 97.3 Å². The zero-order valence-electron chi connectivity index (χ0n) is 13.7. The first-order valence-electron chi connectivity index (χ1n) is 6.61. The van der Waals surface area contributed by atoms with E-state index in [0.29, 0.717) is 6.42 Å². The number of likely N-dealkylation sites (N-methyl/N-ethyl adjacent to an activating group) is 2. The van der Waals surface area contributed by atoms with Gasteiger partial charge in [0.2, 0.25) is 0 Å². The van der Waals surface area contributed by atoms with Crippen LogP contribution in [0.4, 0.5) is 0 Å². The number of nitrogens with one attached hydrogen (secondary N) is 1. The van der Waals surface area contributed by atoms with Crippen LogP contribution >= 0.6 is 0 Å². The number of ether oxygens (including phenoxy) is 3. The molecule has 0 aliphatic heterocycles. The van der Waals surface area contributed by atoms with Crippen LogP contribution in [0.1, 0.15) is 13.3 Å². The van der Waals surface area contributed by atoms with E-state index in [1.807, 2.05) is 14.0 Å². The Morgan fingerprint density at radius 3 is 2.36 bits per heavy atom. The zero-order valence-corrected chi connectivity index (χ0v) is 16.5. The summed E-state index contributed by atoms with van der Waals surface area (Å²) in [5.74, 6) is 0. The Morgan fingerprint density at radius 1 is 1.36 bits per heavy atom. The van der Waals surface area contributed by atoms with Crippen molar-refractivity contribution in [2.75, 3.05) is 47.5 Å². The summed E-state index contributed by atoms with van der Waals surface area (Å²) >= 11 is 0. The Hall–Kier alpha value is -0.116. The van der Waals surface area contributed by atoms with Crippen molar-refractivity contribution < 1.29 is 61.6 Å². The monoisotopic (exact) mass is 395 g/mol. The average molecular weight is 395 g/mol. The number of carbonyl (C=O) groups excluding carboxylic acids is 2. The summed E-state index contributed by atoms with van der Waals surface area (Å²) in [5, 5.41) is 11.7. The number of rotatable bonds is 12. The van der Waals surface area contributed by atoms with Crippen molar-refractivity contribution in [2.45, 2.75) is 25.7 Å². The number of aliphatic hydroxyl groups is 1. The van der Waals surface area contributed by atoms with Crippen LogP contribution in [0.15, 0.2) is 0 Å². The van der Waals surface area contributed by atoms with E-state index >= 15 is 0 Å². The van der Waals surface area contributed by atoms with Crippen LogP contribution in [0.25, 0.3) is 0 Å². The van der Waals surface area contributed by atoms with Crippen molar-refractivity contribution in [1.29, 1.82) is 0 Å². The van der Waals surface area contributed by atoms with Gasteiger partial charge in [0.15, 0.2) is 6.29 Å². The molecule has 129 valence electrons. The molecule has 0 aromatic rings. The number of methoxy groups -OCH3 is 1. The van der Waals surface area contributed by atoms with Gasteiger partial charge in [-0.2, -0.15) is 6.41 Å². The molecule has 0 bridgehead atoms. The van der Waals surface area contributed by atoms with E-state index in [2.05, 4.69) is 10.1 Å². The summed E-state index contributed by atoms with van der Waals surface area (Å²) in [6.07, 6.45) is 1.48. The van der Waals surface area contributed by atoms with E-state index in [1.54, 1.807) is 13.5 Å². The molecule has 0 saturated heterocycles. The van der Waals surface area contributed by atoms with Crippen molar-refractivity contribution in [3.63, 3.8) is 0 Å². The van der Waals surface area contributed by atoms with E-state index in [0.717, 1.165) is 13.1 Å². The predicted molar refractivity (Wildman–Crippen MR) is 76.9 cm³/mol. The Bertz CT molecular complexity index is 245. The maximum absolute atomic E-state index is 9.78. The van der Waals surface area contributed by atoms with Gasteiger partial charge in [-0.15, -0.1) is 0 Å². The number of hydrogen-bond donors (Lipinski definition) is 2. The second kappa shape index (κ2) is 20.9. The van der Waals surface area contributed by atoms with Crippen molar-refractivity contribution in [2.24, 2.45) is 0 Å². The summed E-state index contributed by atoms with van der Waals surface area (Å²) in [6, 6.07) is 0. The minimum absolute atomic E-state index is 0. The molecule has 0 spiro atoms. The molecule has 9 heteroatoms. The molecule has 1 radical (unpaired) electrons. The van der Waals surface area contributed by atoms with Crippen molar-refractivity contribution in [3.8, 4) is 0 Å². The molecule has 0 aliphatic rings. The Morgan fingerprint density at radius 2 is 2.00 bits per heavy atom. The third kappa shape index (κ3) is 17.9. The first kappa shape index (κ1) is 26.8. The normalized spacial score (nSPS) is 12.0. The molecule has 0 fully saturated rings. The van der Waals surface area contributed by atoms with Gasteiger partial charge in [-0.05, 0) is 20.5 Å². The van der Waals surface area contributed by atoms with Crippen LogP contribution in [0.5, 0.6) is 0 Å². The molecular formula is C13H26N2O6Y-2. The Balaban J connectivity index is -0.000000348. The number of nitrogens with zero attached hydrogens (tertiary/aromatic N) is 1. The summed E-state index contributed by atoms with van der Waals surface area (Å²) in [6.45, 7) is 4.59. The van der Waals surface area contributed by atoms with Crippen LogP contribution in [0.2, 0.25) is 0 Å². The third-order valence-corrected chi connectivity index (χ3v) is 2.40. The van der Waals surface area contributed by atoms with Crippen molar-refractivity contribution in [1.82, 2.24) is 10.2 Å². The van der Waals surface area contributed by atoms with Crippen molar-refractivity contribution >= 4 is 12.9 Å². The van der Waals surface area contributed by atoms with Gasteiger partial charge in [0.05, 0.1) is 12.7 Å². The molecule has 0 aromatic heterocycles. The van der Waals surface area contributed by atoms with Gasteiger partial charge in [-0.3, -0.25) is 0 Å². The smallest absolute Gasteiger partial charge is 0.188 e. The van der Waals surface area contributed by atoms with E-state index in [9.17, 15) is 9.59 Å². The fourth-order valence-corrected chi connectivity index (χ4v) is 1.07. The number of amides is 1. The number of aliphatic hydroxyl groups excluding tert-OH is 1. The van der Waals surface area contributed by atoms with Gasteiger partial charge >= 0.3 is 0 Å². The van der Waals surface area contributed by atoms with Gasteiger partial charge < -0.3 is 39.1 Å². The standard InChI is InChI=1S/C8H15O5.C5H11N2O.Y/c1-3-7(4-9)13-8(11-2)5-12-6-10;1-6-3-4-7(2)5-8;/h7-9H,3-5H2,1-2H3;6H,3-4H2,1-2H3;/q2*-1;. The molecule has 0 aromatic carbocycles. The van der Waals surface area contributed by atoms with E-state index in [-0.39, 0.29) is 52.0 Å². The van der Waals surface area contributed by atoms with E-state index < -0.39 is 6.29 Å². The van der Waals surface area contributed by atoms with E-state index in [4.69, 9.17) is 14.6 Å². The molecule has 0 aliphatic carbocycles. The Labute approximate surface area is 157 Å². The van der Waals surface area contributed by atoms with Gasteiger partial charge in [0, 0.05) is 52.9 Å². The van der Waals surface area contributed by atoms with E-state index in [1.165, 1.54) is 18.5 Å². The van der Waals surface area contributed by atoms with Crippen LogP contribution < -0.4 is 5.32 Å². The number of hydrogen-bond acceptors (Lipinski definition) is 7. The molecule has 0 saturated carbocycles. The predicted octanol–water partition coefficient (Wildman–Crippen LogP) is -0.967. The fourth-order valence-electron chi connectivity index (χ4n) is 1.07. The minimum Gasteiger partial charge on any atom is -0.649 e. The molecule has 0 heterocycles. The van der Waals surface area contributed by atoms with Gasteiger partial charge in [0.1, 0.15) is 6.61 Å². The first-order valence-corrected chi connectivity index (χ1v) is 6.61. The molecule has 2 N–H and O–H groups in total. The van der Waals surface area contributed by atoms with Crippen molar-refractivity contribution in [3.05, 3.63) is 0 Å². The summed E-state index contributed by atoms with van der Waals surface area (Å²) < 4.78 is 14.4. The van der Waals surface area contributed by atoms with Crippen LogP contribution in [-0.2, 0) is 56.5 Å². The van der Waals surface area contributed by atoms with Gasteiger partial charge in [0.25, 0.3) is 0 Å². The minimum atomic E-state index is -0.640. The van der Waals surface area contributed by atoms with Gasteiger partial charge in [-0.1, -0.05) is 13.4 Å². The average Bonchev–Trinajstić information content (AvgIpc) is 2.53. The van der Waals surface area contributed by atoms with Crippen LogP contribution in [0.3, 0.4) is 0 Å². The molecule has 0 rings (SSSR count). The summed E-state index contributed by atoms with van der Waals surface area (Å²) in [5.41, 5.74) is 0. The molecule has 1 amide bonds. The third-order valence-electron chi connectivity index (χ3n) is 2.40. The quantitative estimate of drug-likeness (QED) is 0.249. The summed E-state index contributed by atoms with van der Waals surface area (Å²) in [4.78, 5) is 21.0. The molecule has 2 unspecified atom stereocenters. The molecule has 22 heavy (non-hydrogen) atoms. The zero-order chi connectivity index (χ0) is 16.5. The maximum Gasteiger partial charge on any atom is 0.188 e. The fraction of sp³-hybridized carbons (Fsp3) is 0.846. The first-order chi connectivity index (χ1) is 10.1. The van der Waals surface area contributed by atoms with Gasteiger partial charge in [-0.25, -0.2) is 0 Å². The molecule has 8 nitrogen and oxygen atoms in total. The van der Waals surface area contributed by atoms with Crippen LogP contribution in [0, 0.1) is 0 Å². The second-order valence-corrected chi connectivity index (χ2v) is 4.02. The Kier molecular flexibility index (Phi) is 25.4. The maximum atomic E-state index is 9.78. The second-order valence-electron chi connectivity index (χ2n) is 4.02.